The Morgan fingerprint density at radius 1 is 1.37 bits per heavy atom. The third-order valence-corrected chi connectivity index (χ3v) is 3.02. The first-order valence-electron chi connectivity index (χ1n) is 6.40. The van der Waals surface area contributed by atoms with Crippen molar-refractivity contribution in [1.82, 2.24) is 5.16 Å². The number of hydrogen-bond acceptors (Lipinski definition) is 3. The summed E-state index contributed by atoms with van der Waals surface area (Å²) in [6.07, 6.45) is 1.12. The van der Waals surface area contributed by atoms with Crippen LogP contribution in [0.1, 0.15) is 29.5 Å². The van der Waals surface area contributed by atoms with E-state index in [1.165, 1.54) is 0 Å². The second-order valence-electron chi connectivity index (χ2n) is 4.62. The molecule has 4 heteroatoms. The minimum absolute atomic E-state index is 0.0719. The lowest BCUT2D eigenvalue weighted by Gasteiger charge is -2.12. The van der Waals surface area contributed by atoms with Crippen molar-refractivity contribution in [3.8, 4) is 0 Å². The number of anilines is 1. The van der Waals surface area contributed by atoms with E-state index in [1.54, 1.807) is 6.07 Å². The Morgan fingerprint density at radius 2 is 2.16 bits per heavy atom. The number of rotatable bonds is 4. The Hall–Kier alpha value is -2.10. The minimum atomic E-state index is -0.0719. The van der Waals surface area contributed by atoms with Gasteiger partial charge in [0.05, 0.1) is 12.1 Å². The minimum Gasteiger partial charge on any atom is -0.361 e. The molecule has 1 aromatic carbocycles. The number of amides is 1. The molecule has 0 saturated heterocycles. The summed E-state index contributed by atoms with van der Waals surface area (Å²) in [5, 5.41) is 6.79. The van der Waals surface area contributed by atoms with Gasteiger partial charge in [0.2, 0.25) is 5.91 Å². The molecule has 1 amide bonds. The maximum atomic E-state index is 12.0. The molecule has 0 aliphatic heterocycles. The van der Waals surface area contributed by atoms with Crippen LogP contribution in [-0.4, -0.2) is 11.1 Å². The molecule has 1 heterocycles. The SMILES string of the molecule is CCc1cccc(C)c1NC(=O)Cc1cc(C)on1. The quantitative estimate of drug-likeness (QED) is 0.917. The summed E-state index contributed by atoms with van der Waals surface area (Å²) in [5.74, 6) is 0.644. The lowest BCUT2D eigenvalue weighted by molar-refractivity contribution is -0.115. The highest BCUT2D eigenvalue weighted by Gasteiger charge is 2.11. The fourth-order valence-electron chi connectivity index (χ4n) is 2.05. The second kappa shape index (κ2) is 5.69. The van der Waals surface area contributed by atoms with Crippen molar-refractivity contribution in [2.75, 3.05) is 5.32 Å². The summed E-state index contributed by atoms with van der Waals surface area (Å²) < 4.78 is 4.95. The van der Waals surface area contributed by atoms with Gasteiger partial charge in [-0.05, 0) is 31.4 Å². The van der Waals surface area contributed by atoms with E-state index in [0.29, 0.717) is 11.5 Å². The average molecular weight is 258 g/mol. The van der Waals surface area contributed by atoms with Gasteiger partial charge in [-0.3, -0.25) is 4.79 Å². The van der Waals surface area contributed by atoms with E-state index in [2.05, 4.69) is 17.4 Å². The Balaban J connectivity index is 2.11. The summed E-state index contributed by atoms with van der Waals surface area (Å²) in [6, 6.07) is 7.81. The maximum absolute atomic E-state index is 12.0. The van der Waals surface area contributed by atoms with Gasteiger partial charge in [0.25, 0.3) is 0 Å². The van der Waals surface area contributed by atoms with Gasteiger partial charge in [0.1, 0.15) is 5.76 Å². The van der Waals surface area contributed by atoms with Crippen molar-refractivity contribution in [3.05, 3.63) is 46.8 Å². The molecular weight excluding hydrogens is 240 g/mol. The van der Waals surface area contributed by atoms with E-state index >= 15 is 0 Å². The van der Waals surface area contributed by atoms with E-state index in [1.807, 2.05) is 32.0 Å². The van der Waals surface area contributed by atoms with Gasteiger partial charge in [0.15, 0.2) is 0 Å². The Labute approximate surface area is 112 Å². The van der Waals surface area contributed by atoms with Crippen molar-refractivity contribution in [2.45, 2.75) is 33.6 Å². The van der Waals surface area contributed by atoms with Crippen LogP contribution in [0.5, 0.6) is 0 Å². The van der Waals surface area contributed by atoms with Crippen LogP contribution in [0.25, 0.3) is 0 Å². The van der Waals surface area contributed by atoms with Crippen LogP contribution in [0.2, 0.25) is 0 Å². The van der Waals surface area contributed by atoms with Gasteiger partial charge < -0.3 is 9.84 Å². The first-order chi connectivity index (χ1) is 9.10. The van der Waals surface area contributed by atoms with Crippen molar-refractivity contribution in [2.24, 2.45) is 0 Å². The lowest BCUT2D eigenvalue weighted by atomic mass is 10.1. The summed E-state index contributed by atoms with van der Waals surface area (Å²) in [6.45, 7) is 5.88. The number of aromatic nitrogens is 1. The van der Waals surface area contributed by atoms with Gasteiger partial charge in [0, 0.05) is 11.8 Å². The van der Waals surface area contributed by atoms with Crippen LogP contribution in [0.3, 0.4) is 0 Å². The number of carbonyl (C=O) groups excluding carboxylic acids is 1. The van der Waals surface area contributed by atoms with Crippen molar-refractivity contribution >= 4 is 11.6 Å². The Bertz CT molecular complexity index is 588. The monoisotopic (exact) mass is 258 g/mol. The summed E-state index contributed by atoms with van der Waals surface area (Å²) in [5.41, 5.74) is 3.78. The molecule has 1 N–H and O–H groups in total. The molecule has 1 aromatic heterocycles. The van der Waals surface area contributed by atoms with Crippen molar-refractivity contribution < 1.29 is 9.32 Å². The number of hydrogen-bond donors (Lipinski definition) is 1. The van der Waals surface area contributed by atoms with E-state index in [0.717, 1.165) is 23.2 Å². The van der Waals surface area contributed by atoms with Gasteiger partial charge >= 0.3 is 0 Å². The predicted molar refractivity (Wildman–Crippen MR) is 74.1 cm³/mol. The maximum Gasteiger partial charge on any atom is 0.230 e. The summed E-state index contributed by atoms with van der Waals surface area (Å²) >= 11 is 0. The highest BCUT2D eigenvalue weighted by molar-refractivity contribution is 5.93. The topological polar surface area (TPSA) is 55.1 Å². The van der Waals surface area contributed by atoms with Gasteiger partial charge in [-0.1, -0.05) is 30.3 Å². The number of nitrogens with zero attached hydrogens (tertiary/aromatic N) is 1. The molecule has 2 aromatic rings. The summed E-state index contributed by atoms with van der Waals surface area (Å²) in [7, 11) is 0. The molecule has 0 spiro atoms. The number of nitrogens with one attached hydrogen (secondary N) is 1. The molecule has 0 atom stereocenters. The molecule has 0 saturated carbocycles. The average Bonchev–Trinajstić information content (AvgIpc) is 2.77. The Morgan fingerprint density at radius 3 is 2.79 bits per heavy atom. The molecule has 19 heavy (non-hydrogen) atoms. The standard InChI is InChI=1S/C15H18N2O2/c1-4-12-7-5-6-10(2)15(12)16-14(18)9-13-8-11(3)19-17-13/h5-8H,4,9H2,1-3H3,(H,16,18). The van der Waals surface area contributed by atoms with Crippen LogP contribution >= 0.6 is 0 Å². The molecule has 0 aliphatic carbocycles. The highest BCUT2D eigenvalue weighted by atomic mass is 16.5. The zero-order valence-corrected chi connectivity index (χ0v) is 11.5. The van der Waals surface area contributed by atoms with E-state index in [4.69, 9.17) is 4.52 Å². The normalized spacial score (nSPS) is 10.5. The molecule has 4 nitrogen and oxygen atoms in total. The molecule has 0 aliphatic rings. The van der Waals surface area contributed by atoms with Crippen LogP contribution < -0.4 is 5.32 Å². The van der Waals surface area contributed by atoms with Crippen LogP contribution in [0.15, 0.2) is 28.8 Å². The number of aryl methyl sites for hydroxylation is 3. The van der Waals surface area contributed by atoms with Gasteiger partial charge in [-0.2, -0.15) is 0 Å². The highest BCUT2D eigenvalue weighted by Crippen LogP contribution is 2.21. The summed E-state index contributed by atoms with van der Waals surface area (Å²) in [4.78, 5) is 12.0. The first kappa shape index (κ1) is 13.3. The smallest absolute Gasteiger partial charge is 0.230 e. The zero-order chi connectivity index (χ0) is 13.8. The molecule has 0 fully saturated rings. The van der Waals surface area contributed by atoms with Crippen molar-refractivity contribution in [1.29, 1.82) is 0 Å². The van der Waals surface area contributed by atoms with Crippen LogP contribution in [-0.2, 0) is 17.6 Å². The van der Waals surface area contributed by atoms with Crippen molar-refractivity contribution in [3.63, 3.8) is 0 Å². The number of benzene rings is 1. The first-order valence-corrected chi connectivity index (χ1v) is 6.40. The predicted octanol–water partition coefficient (Wildman–Crippen LogP) is 3.04. The van der Waals surface area contributed by atoms with E-state index < -0.39 is 0 Å². The molecular formula is C15H18N2O2. The largest absolute Gasteiger partial charge is 0.361 e. The van der Waals surface area contributed by atoms with E-state index in [9.17, 15) is 4.79 Å². The lowest BCUT2D eigenvalue weighted by Crippen LogP contribution is -2.16. The molecule has 0 unspecified atom stereocenters. The molecule has 0 radical (unpaired) electrons. The molecule has 2 rings (SSSR count). The molecule has 0 bridgehead atoms. The zero-order valence-electron chi connectivity index (χ0n) is 11.5. The van der Waals surface area contributed by atoms with Gasteiger partial charge in [-0.25, -0.2) is 0 Å². The molecule has 100 valence electrons. The van der Waals surface area contributed by atoms with Crippen LogP contribution in [0, 0.1) is 13.8 Å². The van der Waals surface area contributed by atoms with Crippen LogP contribution in [0.4, 0.5) is 5.69 Å². The van der Waals surface area contributed by atoms with E-state index in [-0.39, 0.29) is 12.3 Å². The Kier molecular flexibility index (Phi) is 4.00. The van der Waals surface area contributed by atoms with Gasteiger partial charge in [-0.15, -0.1) is 0 Å². The third kappa shape index (κ3) is 3.22. The number of carbonyl (C=O) groups is 1. The third-order valence-electron chi connectivity index (χ3n) is 3.02. The fraction of sp³-hybridized carbons (Fsp3) is 0.333. The fourth-order valence-corrected chi connectivity index (χ4v) is 2.05. The second-order valence-corrected chi connectivity index (χ2v) is 4.62. The number of para-hydroxylation sites is 1.